The topological polar surface area (TPSA) is 30.2 Å². The van der Waals surface area contributed by atoms with E-state index in [0.717, 1.165) is 0 Å². The Morgan fingerprint density at radius 3 is 2.28 bits per heavy atom. The molecule has 0 aliphatic heterocycles. The number of halogens is 4. The number of rotatable bonds is 2. The molecule has 0 saturated heterocycles. The molecule has 2 aromatic rings. The molecule has 0 unspecified atom stereocenters. The van der Waals surface area contributed by atoms with Gasteiger partial charge in [-0.1, -0.05) is 46.4 Å². The number of benzene rings is 1. The fourth-order valence-electron chi connectivity index (χ4n) is 1.48. The zero-order valence-electron chi connectivity index (χ0n) is 9.06. The van der Waals surface area contributed by atoms with Crippen LogP contribution in [0.5, 0.6) is 0 Å². The first kappa shape index (κ1) is 13.8. The van der Waals surface area contributed by atoms with Crippen LogP contribution in [0.25, 0.3) is 0 Å². The van der Waals surface area contributed by atoms with Crippen molar-refractivity contribution in [3.05, 3.63) is 55.4 Å². The molecular formula is C12H6Cl4O2. The lowest BCUT2D eigenvalue weighted by molar-refractivity contribution is 0.103. The monoisotopic (exact) mass is 322 g/mol. The molecule has 2 rings (SSSR count). The maximum absolute atomic E-state index is 12.2. The molecule has 0 amide bonds. The minimum absolute atomic E-state index is 0.0398. The van der Waals surface area contributed by atoms with Crippen molar-refractivity contribution in [2.45, 2.75) is 6.92 Å². The summed E-state index contributed by atoms with van der Waals surface area (Å²) in [6.07, 6.45) is 1.34. The molecule has 1 aromatic heterocycles. The van der Waals surface area contributed by atoms with Crippen LogP contribution in [-0.2, 0) is 0 Å². The number of aryl methyl sites for hydroxylation is 1. The van der Waals surface area contributed by atoms with Crippen molar-refractivity contribution in [2.24, 2.45) is 0 Å². The van der Waals surface area contributed by atoms with E-state index in [4.69, 9.17) is 50.8 Å². The summed E-state index contributed by atoms with van der Waals surface area (Å²) in [5, 5.41) is 0.495. The summed E-state index contributed by atoms with van der Waals surface area (Å²) >= 11 is 23.7. The van der Waals surface area contributed by atoms with Gasteiger partial charge < -0.3 is 4.42 Å². The normalized spacial score (nSPS) is 10.7. The Bertz CT molecular complexity index is 631. The molecular weight excluding hydrogens is 318 g/mol. The van der Waals surface area contributed by atoms with E-state index >= 15 is 0 Å². The van der Waals surface area contributed by atoms with Gasteiger partial charge in [0, 0.05) is 0 Å². The predicted octanol–water partition coefficient (Wildman–Crippen LogP) is 5.43. The van der Waals surface area contributed by atoms with E-state index in [2.05, 4.69) is 0 Å². The summed E-state index contributed by atoms with van der Waals surface area (Å²) in [5.74, 6) is 0.256. The van der Waals surface area contributed by atoms with Gasteiger partial charge in [-0.05, 0) is 19.1 Å². The van der Waals surface area contributed by atoms with E-state index in [1.54, 1.807) is 13.0 Å². The predicted molar refractivity (Wildman–Crippen MR) is 73.4 cm³/mol. The molecule has 2 nitrogen and oxygen atoms in total. The Kier molecular flexibility index (Phi) is 3.93. The second-order valence-corrected chi connectivity index (χ2v) is 5.19. The van der Waals surface area contributed by atoms with Crippen LogP contribution in [0.4, 0.5) is 0 Å². The number of furan rings is 1. The van der Waals surface area contributed by atoms with E-state index in [9.17, 15) is 4.79 Å². The highest BCUT2D eigenvalue weighted by molar-refractivity contribution is 6.51. The van der Waals surface area contributed by atoms with Gasteiger partial charge in [0.1, 0.15) is 12.0 Å². The van der Waals surface area contributed by atoms with Crippen LogP contribution < -0.4 is 0 Å². The minimum Gasteiger partial charge on any atom is -0.469 e. The lowest BCUT2D eigenvalue weighted by atomic mass is 10.1. The second-order valence-electron chi connectivity index (χ2n) is 3.62. The average molecular weight is 324 g/mol. The minimum atomic E-state index is -0.361. The third-order valence-electron chi connectivity index (χ3n) is 2.33. The molecule has 0 aliphatic carbocycles. The van der Waals surface area contributed by atoms with E-state index in [-0.39, 0.29) is 31.4 Å². The lowest BCUT2D eigenvalue weighted by Gasteiger charge is -2.07. The number of hydrogen-bond acceptors (Lipinski definition) is 2. The van der Waals surface area contributed by atoms with Crippen LogP contribution in [0.1, 0.15) is 21.7 Å². The van der Waals surface area contributed by atoms with Gasteiger partial charge in [-0.2, -0.15) is 0 Å². The smallest absolute Gasteiger partial charge is 0.199 e. The first-order valence-electron chi connectivity index (χ1n) is 4.84. The molecule has 0 fully saturated rings. The molecule has 1 heterocycles. The SMILES string of the molecule is Cc1cc(C(=O)c2c(Cl)cc(Cl)c(Cl)c2Cl)co1. The summed E-state index contributed by atoms with van der Waals surface area (Å²) in [6.45, 7) is 1.73. The number of hydrogen-bond donors (Lipinski definition) is 0. The quantitative estimate of drug-likeness (QED) is 0.419. The highest BCUT2D eigenvalue weighted by Crippen LogP contribution is 2.38. The molecule has 0 radical (unpaired) electrons. The third-order valence-corrected chi connectivity index (χ3v) is 3.89. The van der Waals surface area contributed by atoms with E-state index in [1.807, 2.05) is 0 Å². The summed E-state index contributed by atoms with van der Waals surface area (Å²) in [5.41, 5.74) is 0.475. The first-order chi connectivity index (χ1) is 8.41. The van der Waals surface area contributed by atoms with Crippen molar-refractivity contribution in [2.75, 3.05) is 0 Å². The lowest BCUT2D eigenvalue weighted by Crippen LogP contribution is -2.02. The van der Waals surface area contributed by atoms with Crippen LogP contribution in [0.15, 0.2) is 22.8 Å². The van der Waals surface area contributed by atoms with Gasteiger partial charge in [0.2, 0.25) is 0 Å². The summed E-state index contributed by atoms with van der Waals surface area (Å²) in [6, 6.07) is 2.98. The molecule has 1 aromatic carbocycles. The fraction of sp³-hybridized carbons (Fsp3) is 0.0833. The molecule has 0 N–H and O–H groups in total. The molecule has 6 heteroatoms. The second kappa shape index (κ2) is 5.14. The Morgan fingerprint density at radius 2 is 1.72 bits per heavy atom. The Balaban J connectivity index is 2.58. The van der Waals surface area contributed by atoms with Gasteiger partial charge in [-0.3, -0.25) is 4.79 Å². The fourth-order valence-corrected chi connectivity index (χ4v) is 2.57. The Labute approximate surface area is 123 Å². The average Bonchev–Trinajstić information content (AvgIpc) is 2.73. The molecule has 0 spiro atoms. The zero-order chi connectivity index (χ0) is 13.4. The van der Waals surface area contributed by atoms with Gasteiger partial charge in [-0.25, -0.2) is 0 Å². The van der Waals surface area contributed by atoms with Gasteiger partial charge in [0.15, 0.2) is 5.78 Å². The Hall–Kier alpha value is -0.670. The largest absolute Gasteiger partial charge is 0.469 e. The Morgan fingerprint density at radius 1 is 1.06 bits per heavy atom. The standard InChI is InChI=1S/C12H6Cl4O2/c1-5-2-6(4-18-5)12(17)9-7(13)3-8(14)10(15)11(9)16/h2-4H,1H3. The molecule has 94 valence electrons. The zero-order valence-corrected chi connectivity index (χ0v) is 12.1. The van der Waals surface area contributed by atoms with Gasteiger partial charge in [-0.15, -0.1) is 0 Å². The van der Waals surface area contributed by atoms with Crippen LogP contribution in [0.3, 0.4) is 0 Å². The summed E-state index contributed by atoms with van der Waals surface area (Å²) in [4.78, 5) is 12.2. The van der Waals surface area contributed by atoms with E-state index < -0.39 is 0 Å². The highest BCUT2D eigenvalue weighted by Gasteiger charge is 2.22. The molecule has 0 saturated carbocycles. The van der Waals surface area contributed by atoms with Crippen molar-refractivity contribution in [1.82, 2.24) is 0 Å². The maximum atomic E-state index is 12.2. The van der Waals surface area contributed by atoms with Gasteiger partial charge >= 0.3 is 0 Å². The third kappa shape index (κ3) is 2.39. The van der Waals surface area contributed by atoms with Crippen molar-refractivity contribution < 1.29 is 9.21 Å². The summed E-state index contributed by atoms with van der Waals surface area (Å²) in [7, 11) is 0. The molecule has 0 atom stereocenters. The van der Waals surface area contributed by atoms with Crippen molar-refractivity contribution in [1.29, 1.82) is 0 Å². The van der Waals surface area contributed by atoms with E-state index in [1.165, 1.54) is 12.3 Å². The van der Waals surface area contributed by atoms with Crippen LogP contribution >= 0.6 is 46.4 Å². The number of carbonyl (C=O) groups excluding carboxylic acids is 1. The first-order valence-corrected chi connectivity index (χ1v) is 6.36. The van der Waals surface area contributed by atoms with E-state index in [0.29, 0.717) is 11.3 Å². The van der Waals surface area contributed by atoms with Crippen molar-refractivity contribution in [3.8, 4) is 0 Å². The van der Waals surface area contributed by atoms with Crippen LogP contribution in [0.2, 0.25) is 20.1 Å². The number of ketones is 1. The number of carbonyl (C=O) groups is 1. The highest BCUT2D eigenvalue weighted by atomic mass is 35.5. The van der Waals surface area contributed by atoms with Crippen LogP contribution in [-0.4, -0.2) is 5.78 Å². The molecule has 0 aliphatic rings. The maximum Gasteiger partial charge on any atom is 0.199 e. The van der Waals surface area contributed by atoms with Gasteiger partial charge in [0.25, 0.3) is 0 Å². The van der Waals surface area contributed by atoms with Gasteiger partial charge in [0.05, 0.1) is 31.2 Å². The molecule has 0 bridgehead atoms. The van der Waals surface area contributed by atoms with Crippen LogP contribution in [0, 0.1) is 6.92 Å². The van der Waals surface area contributed by atoms with Crippen molar-refractivity contribution >= 4 is 52.2 Å². The summed E-state index contributed by atoms with van der Waals surface area (Å²) < 4.78 is 5.07. The van der Waals surface area contributed by atoms with Crippen molar-refractivity contribution in [3.63, 3.8) is 0 Å². The molecule has 18 heavy (non-hydrogen) atoms.